The number of esters is 1. The minimum Gasteiger partial charge on any atom is -0.494 e. The van der Waals surface area contributed by atoms with Gasteiger partial charge in [-0.3, -0.25) is 4.79 Å². The van der Waals surface area contributed by atoms with Gasteiger partial charge in [0, 0.05) is 0 Å². The van der Waals surface area contributed by atoms with E-state index in [-0.39, 0.29) is 12.4 Å². The van der Waals surface area contributed by atoms with Gasteiger partial charge in [-0.25, -0.2) is 10.2 Å². The molecule has 0 saturated heterocycles. The summed E-state index contributed by atoms with van der Waals surface area (Å²) in [5, 5.41) is 3.95. The van der Waals surface area contributed by atoms with Crippen LogP contribution in [0.3, 0.4) is 0 Å². The normalized spacial score (nSPS) is 10.6. The molecule has 0 fully saturated rings. The van der Waals surface area contributed by atoms with Crippen molar-refractivity contribution in [1.29, 1.82) is 0 Å². The first-order valence-electron chi connectivity index (χ1n) is 12.8. The minimum atomic E-state index is -0.525. The molecule has 0 unspecified atom stereocenters. The molecule has 0 radical (unpaired) electrons. The van der Waals surface area contributed by atoms with Crippen molar-refractivity contribution in [2.45, 2.75) is 33.1 Å². The summed E-state index contributed by atoms with van der Waals surface area (Å²) in [5.41, 5.74) is 3.43. The lowest BCUT2D eigenvalue weighted by Gasteiger charge is -2.10. The Bertz CT molecular complexity index is 1230. The molecular formula is C30H34N2O7. The number of unbranched alkanes of at least 4 members (excludes halogenated alkanes) is 1. The second-order valence-corrected chi connectivity index (χ2v) is 8.43. The van der Waals surface area contributed by atoms with E-state index in [1.165, 1.54) is 13.3 Å². The van der Waals surface area contributed by atoms with E-state index in [0.29, 0.717) is 41.6 Å². The third-order valence-electron chi connectivity index (χ3n) is 5.32. The molecule has 0 aliphatic carbocycles. The van der Waals surface area contributed by atoms with Crippen molar-refractivity contribution in [2.75, 3.05) is 26.9 Å². The fourth-order valence-corrected chi connectivity index (χ4v) is 3.24. The van der Waals surface area contributed by atoms with E-state index in [4.69, 9.17) is 23.7 Å². The van der Waals surface area contributed by atoms with Gasteiger partial charge in [0.05, 0.1) is 32.1 Å². The quantitative estimate of drug-likeness (QED) is 0.0914. The fraction of sp³-hybridized carbons (Fsp3) is 0.300. The largest absolute Gasteiger partial charge is 0.494 e. The summed E-state index contributed by atoms with van der Waals surface area (Å²) in [7, 11) is 1.47. The molecule has 0 bridgehead atoms. The Labute approximate surface area is 228 Å². The van der Waals surface area contributed by atoms with E-state index in [0.717, 1.165) is 25.0 Å². The first-order valence-corrected chi connectivity index (χ1v) is 12.8. The van der Waals surface area contributed by atoms with Gasteiger partial charge >= 0.3 is 5.97 Å². The van der Waals surface area contributed by atoms with Gasteiger partial charge < -0.3 is 23.7 Å². The molecule has 3 rings (SSSR count). The number of hydrazone groups is 1. The number of amides is 1. The Hall–Kier alpha value is -4.53. The number of hydrogen-bond acceptors (Lipinski definition) is 8. The highest BCUT2D eigenvalue weighted by atomic mass is 16.6. The van der Waals surface area contributed by atoms with Gasteiger partial charge in [0.25, 0.3) is 5.91 Å². The second-order valence-electron chi connectivity index (χ2n) is 8.43. The molecule has 0 aliphatic rings. The Kier molecular flexibility index (Phi) is 11.7. The first kappa shape index (κ1) is 29.0. The molecule has 0 saturated carbocycles. The molecule has 9 heteroatoms. The molecule has 9 nitrogen and oxygen atoms in total. The smallest absolute Gasteiger partial charge is 0.343 e. The molecular weight excluding hydrogens is 500 g/mol. The van der Waals surface area contributed by atoms with Crippen LogP contribution in [0.25, 0.3) is 0 Å². The van der Waals surface area contributed by atoms with Crippen molar-refractivity contribution >= 4 is 18.1 Å². The van der Waals surface area contributed by atoms with Gasteiger partial charge in [-0.05, 0) is 85.1 Å². The number of nitrogens with one attached hydrogen (secondary N) is 1. The summed E-state index contributed by atoms with van der Waals surface area (Å²) in [6.45, 7) is 5.21. The zero-order valence-corrected chi connectivity index (χ0v) is 22.5. The zero-order chi connectivity index (χ0) is 27.9. The maximum Gasteiger partial charge on any atom is 0.343 e. The van der Waals surface area contributed by atoms with E-state index in [9.17, 15) is 9.59 Å². The average molecular weight is 535 g/mol. The predicted molar refractivity (Wildman–Crippen MR) is 148 cm³/mol. The maximum absolute atomic E-state index is 12.6. The highest BCUT2D eigenvalue weighted by molar-refractivity contribution is 5.92. The van der Waals surface area contributed by atoms with Crippen molar-refractivity contribution in [3.05, 3.63) is 77.9 Å². The number of nitrogens with zero attached hydrogens (tertiary/aromatic N) is 1. The van der Waals surface area contributed by atoms with Crippen molar-refractivity contribution in [1.82, 2.24) is 5.43 Å². The topological polar surface area (TPSA) is 105 Å². The van der Waals surface area contributed by atoms with Gasteiger partial charge in [0.2, 0.25) is 0 Å². The van der Waals surface area contributed by atoms with Crippen LogP contribution in [-0.4, -0.2) is 45.0 Å². The monoisotopic (exact) mass is 534 g/mol. The number of methoxy groups -OCH3 is 1. The van der Waals surface area contributed by atoms with Crippen molar-refractivity contribution < 1.29 is 33.3 Å². The van der Waals surface area contributed by atoms with E-state index >= 15 is 0 Å². The van der Waals surface area contributed by atoms with Gasteiger partial charge in [-0.2, -0.15) is 5.10 Å². The third-order valence-corrected chi connectivity index (χ3v) is 5.32. The Morgan fingerprint density at radius 2 is 1.44 bits per heavy atom. The number of carbonyl (C=O) groups is 2. The summed E-state index contributed by atoms with van der Waals surface area (Å²) in [4.78, 5) is 24.7. The summed E-state index contributed by atoms with van der Waals surface area (Å²) in [5.74, 6) is 1.65. The van der Waals surface area contributed by atoms with E-state index < -0.39 is 11.9 Å². The number of hydrogen-bond donors (Lipinski definition) is 1. The lowest BCUT2D eigenvalue weighted by atomic mass is 10.2. The van der Waals surface area contributed by atoms with Gasteiger partial charge in [-0.15, -0.1) is 0 Å². The zero-order valence-electron chi connectivity index (χ0n) is 22.5. The number of carbonyl (C=O) groups excluding carboxylic acids is 2. The van der Waals surface area contributed by atoms with Gasteiger partial charge in [0.1, 0.15) is 17.2 Å². The van der Waals surface area contributed by atoms with Crippen LogP contribution < -0.4 is 29.1 Å². The Balaban J connectivity index is 1.48. The summed E-state index contributed by atoms with van der Waals surface area (Å²) in [6, 6.07) is 18.7. The molecule has 0 atom stereocenters. The van der Waals surface area contributed by atoms with Crippen LogP contribution in [0.1, 0.15) is 49.0 Å². The standard InChI is InChI=1S/C30H34N2O7/c1-4-6-18-37-25-12-14-26(15-13-25)38-21-29(33)32-31-20-22-7-16-27(28(19-22)35-3)39-30(34)23-8-10-24(11-9-23)36-17-5-2/h7-16,19-20H,4-6,17-18,21H2,1-3H3,(H,32,33). The lowest BCUT2D eigenvalue weighted by molar-refractivity contribution is -0.123. The van der Waals surface area contributed by atoms with Gasteiger partial charge in [0.15, 0.2) is 18.1 Å². The third kappa shape index (κ3) is 9.70. The molecule has 206 valence electrons. The van der Waals surface area contributed by atoms with Crippen molar-refractivity contribution in [3.8, 4) is 28.7 Å². The number of ether oxygens (including phenoxy) is 5. The van der Waals surface area contributed by atoms with E-state index in [2.05, 4.69) is 17.5 Å². The molecule has 1 amide bonds. The Morgan fingerprint density at radius 1 is 0.795 bits per heavy atom. The fourth-order valence-electron chi connectivity index (χ4n) is 3.24. The SMILES string of the molecule is CCCCOc1ccc(OCC(=O)NN=Cc2ccc(OC(=O)c3ccc(OCCC)cc3)c(OC)c2)cc1. The number of rotatable bonds is 15. The molecule has 39 heavy (non-hydrogen) atoms. The molecule has 0 aromatic heterocycles. The predicted octanol–water partition coefficient (Wildman–Crippen LogP) is 5.41. The van der Waals surface area contributed by atoms with E-state index in [1.54, 1.807) is 66.7 Å². The summed E-state index contributed by atoms with van der Waals surface area (Å²) in [6.07, 6.45) is 4.41. The van der Waals surface area contributed by atoms with Crippen molar-refractivity contribution in [3.63, 3.8) is 0 Å². The second kappa shape index (κ2) is 15.7. The summed E-state index contributed by atoms with van der Waals surface area (Å²) < 4.78 is 27.5. The molecule has 0 spiro atoms. The first-order chi connectivity index (χ1) is 19.0. The van der Waals surface area contributed by atoms with Crippen molar-refractivity contribution in [2.24, 2.45) is 5.10 Å². The highest BCUT2D eigenvalue weighted by Crippen LogP contribution is 2.28. The van der Waals surface area contributed by atoms with Crippen LogP contribution in [0.5, 0.6) is 28.7 Å². The average Bonchev–Trinajstić information content (AvgIpc) is 2.96. The van der Waals surface area contributed by atoms with E-state index in [1.807, 2.05) is 6.92 Å². The van der Waals surface area contributed by atoms with Crippen LogP contribution in [0.2, 0.25) is 0 Å². The molecule has 0 aliphatic heterocycles. The molecule has 1 N–H and O–H groups in total. The maximum atomic E-state index is 12.6. The Morgan fingerprint density at radius 3 is 2.08 bits per heavy atom. The lowest BCUT2D eigenvalue weighted by Crippen LogP contribution is -2.24. The van der Waals surface area contributed by atoms with Crippen LogP contribution in [-0.2, 0) is 4.79 Å². The van der Waals surface area contributed by atoms with Crippen LogP contribution in [0.15, 0.2) is 71.8 Å². The summed E-state index contributed by atoms with van der Waals surface area (Å²) >= 11 is 0. The van der Waals surface area contributed by atoms with Crippen LogP contribution >= 0.6 is 0 Å². The van der Waals surface area contributed by atoms with Gasteiger partial charge in [-0.1, -0.05) is 20.3 Å². The van der Waals surface area contributed by atoms with Crippen LogP contribution in [0.4, 0.5) is 0 Å². The minimum absolute atomic E-state index is 0.197. The highest BCUT2D eigenvalue weighted by Gasteiger charge is 2.13. The molecule has 3 aromatic rings. The molecule has 3 aromatic carbocycles. The molecule has 0 heterocycles. The number of benzene rings is 3. The van der Waals surface area contributed by atoms with Crippen LogP contribution in [0, 0.1) is 0 Å².